The number of carbonyl (C=O) groups is 4. The molecule has 204 valence electrons. The lowest BCUT2D eigenvalue weighted by Crippen LogP contribution is -2.46. The first-order valence-electron chi connectivity index (χ1n) is 11.2. The minimum Gasteiger partial charge on any atom is -0.487 e. The second-order valence-corrected chi connectivity index (χ2v) is 9.34. The van der Waals surface area contributed by atoms with Crippen molar-refractivity contribution >= 4 is 35.6 Å². The Morgan fingerprint density at radius 2 is 1.79 bits per heavy atom. The number of hydrogen-bond donors (Lipinski definition) is 1. The molecule has 0 spiro atoms. The summed E-state index contributed by atoms with van der Waals surface area (Å²) in [5.74, 6) is -5.93. The molecule has 2 aromatic rings. The van der Waals surface area contributed by atoms with E-state index in [1.807, 2.05) is 0 Å². The van der Waals surface area contributed by atoms with E-state index in [0.717, 1.165) is 6.07 Å². The molecule has 13 heteroatoms. The molecule has 0 bridgehead atoms. The number of halogens is 4. The van der Waals surface area contributed by atoms with E-state index in [1.165, 1.54) is 20.8 Å². The molecular formula is C25H24F4N2O7. The van der Waals surface area contributed by atoms with Crippen molar-refractivity contribution in [1.29, 1.82) is 0 Å². The number of alkyl halides is 3. The molecule has 0 saturated heterocycles. The predicted octanol–water partition coefficient (Wildman–Crippen LogP) is 4.25. The highest BCUT2D eigenvalue weighted by atomic mass is 19.4. The maximum Gasteiger partial charge on any atom is 0.471 e. The highest BCUT2D eigenvalue weighted by Crippen LogP contribution is 2.45. The molecule has 2 amide bonds. The maximum absolute atomic E-state index is 16.0. The van der Waals surface area contributed by atoms with Gasteiger partial charge in [-0.3, -0.25) is 19.4 Å². The second-order valence-electron chi connectivity index (χ2n) is 9.34. The molecule has 1 atom stereocenters. The number of hydrogen-bond acceptors (Lipinski definition) is 6. The number of ether oxygens (including phenoxy) is 2. The summed E-state index contributed by atoms with van der Waals surface area (Å²) in [5.41, 5.74) is -2.43. The molecule has 1 heterocycles. The molecule has 0 saturated carbocycles. The average molecular weight is 540 g/mol. The lowest BCUT2D eigenvalue weighted by Gasteiger charge is -2.28. The van der Waals surface area contributed by atoms with Crippen LogP contribution in [0.4, 0.5) is 33.7 Å². The molecule has 1 N–H and O–H groups in total. The SMILES string of the molecule is CC(C)(C)OC(=O)CN(C(=O)C(F)(F)F)c1c(OCc2ccccc2)cc2c(c1F)C[C@H](C=O)N2C(=O)O. The van der Waals surface area contributed by atoms with Crippen molar-refractivity contribution in [3.8, 4) is 5.75 Å². The zero-order chi connectivity index (χ0) is 28.4. The molecule has 0 aromatic heterocycles. The number of anilines is 2. The summed E-state index contributed by atoms with van der Waals surface area (Å²) in [7, 11) is 0. The molecule has 0 aliphatic carbocycles. The van der Waals surface area contributed by atoms with Crippen molar-refractivity contribution in [1.82, 2.24) is 0 Å². The van der Waals surface area contributed by atoms with Crippen LogP contribution in [0.3, 0.4) is 0 Å². The van der Waals surface area contributed by atoms with Crippen LogP contribution in [0.5, 0.6) is 5.75 Å². The molecule has 0 radical (unpaired) electrons. The summed E-state index contributed by atoms with van der Waals surface area (Å²) in [6.07, 6.45) is -7.40. The Labute approximate surface area is 214 Å². The van der Waals surface area contributed by atoms with E-state index >= 15 is 4.39 Å². The highest BCUT2D eigenvalue weighted by molar-refractivity contribution is 6.03. The van der Waals surface area contributed by atoms with Crippen LogP contribution in [0, 0.1) is 5.82 Å². The summed E-state index contributed by atoms with van der Waals surface area (Å²) in [5, 5.41) is 9.58. The number of nitrogens with zero attached hydrogens (tertiary/aromatic N) is 2. The minimum atomic E-state index is -5.53. The Balaban J connectivity index is 2.21. The number of rotatable bonds is 7. The second kappa shape index (κ2) is 10.7. The standard InChI is InChI=1S/C25H24F4N2O7/c1-24(2,3)38-19(33)11-30(22(34)25(27,28)29)21-18(37-13-14-7-5-4-6-8-14)10-17-16(20(21)26)9-15(12-32)31(17)23(35)36/h4-8,10,12,15H,9,11,13H2,1-3H3,(H,35,36)/t15-/m1/s1. The van der Waals surface area contributed by atoms with Crippen molar-refractivity contribution in [3.63, 3.8) is 0 Å². The van der Waals surface area contributed by atoms with Gasteiger partial charge in [0.2, 0.25) is 0 Å². The summed E-state index contributed by atoms with van der Waals surface area (Å²) in [6, 6.07) is 7.76. The monoisotopic (exact) mass is 540 g/mol. The number of benzene rings is 2. The van der Waals surface area contributed by atoms with Crippen molar-refractivity contribution in [2.45, 2.75) is 51.6 Å². The third-order valence-electron chi connectivity index (χ3n) is 5.35. The fraction of sp³-hybridized carbons (Fsp3) is 0.360. The van der Waals surface area contributed by atoms with Gasteiger partial charge < -0.3 is 19.4 Å². The number of amides is 2. The first-order valence-corrected chi connectivity index (χ1v) is 11.2. The van der Waals surface area contributed by atoms with Crippen molar-refractivity contribution in [2.75, 3.05) is 16.3 Å². The van der Waals surface area contributed by atoms with Crippen molar-refractivity contribution < 1.29 is 51.3 Å². The van der Waals surface area contributed by atoms with E-state index in [0.29, 0.717) is 10.5 Å². The van der Waals surface area contributed by atoms with Gasteiger partial charge in [-0.15, -0.1) is 0 Å². The van der Waals surface area contributed by atoms with Gasteiger partial charge in [0.15, 0.2) is 5.82 Å². The third kappa shape index (κ3) is 6.21. The Bertz CT molecular complexity index is 1240. The van der Waals surface area contributed by atoms with Gasteiger partial charge in [-0.1, -0.05) is 30.3 Å². The van der Waals surface area contributed by atoms with Gasteiger partial charge in [0.1, 0.15) is 36.5 Å². The lowest BCUT2D eigenvalue weighted by atomic mass is 10.1. The smallest absolute Gasteiger partial charge is 0.471 e. The largest absolute Gasteiger partial charge is 0.487 e. The molecule has 38 heavy (non-hydrogen) atoms. The topological polar surface area (TPSA) is 113 Å². The Morgan fingerprint density at radius 3 is 2.32 bits per heavy atom. The maximum atomic E-state index is 16.0. The van der Waals surface area contributed by atoms with Gasteiger partial charge in [-0.2, -0.15) is 13.2 Å². The van der Waals surface area contributed by atoms with E-state index < -0.39 is 71.6 Å². The van der Waals surface area contributed by atoms with Crippen LogP contribution in [-0.2, 0) is 32.1 Å². The fourth-order valence-electron chi connectivity index (χ4n) is 3.89. The summed E-state index contributed by atoms with van der Waals surface area (Å²) in [4.78, 5) is 48.6. The number of carboxylic acid groups (broad SMARTS) is 1. The van der Waals surface area contributed by atoms with Gasteiger partial charge >= 0.3 is 24.1 Å². The van der Waals surface area contributed by atoms with Crippen LogP contribution in [-0.4, -0.2) is 53.7 Å². The summed E-state index contributed by atoms with van der Waals surface area (Å²) in [6.45, 7) is 2.71. The van der Waals surface area contributed by atoms with Crippen LogP contribution < -0.4 is 14.5 Å². The van der Waals surface area contributed by atoms with E-state index in [9.17, 15) is 37.5 Å². The van der Waals surface area contributed by atoms with E-state index in [1.54, 1.807) is 30.3 Å². The normalized spacial score (nSPS) is 15.0. The third-order valence-corrected chi connectivity index (χ3v) is 5.35. The van der Waals surface area contributed by atoms with Gasteiger partial charge in [-0.05, 0) is 26.3 Å². The Morgan fingerprint density at radius 1 is 1.16 bits per heavy atom. The molecule has 0 unspecified atom stereocenters. The number of aldehydes is 1. The zero-order valence-electron chi connectivity index (χ0n) is 20.5. The minimum absolute atomic E-state index is 0.149. The van der Waals surface area contributed by atoms with Crippen molar-refractivity contribution in [2.24, 2.45) is 0 Å². The van der Waals surface area contributed by atoms with Crippen LogP contribution in [0.1, 0.15) is 31.9 Å². The summed E-state index contributed by atoms with van der Waals surface area (Å²) < 4.78 is 67.4. The molecule has 1 aliphatic rings. The molecule has 2 aromatic carbocycles. The summed E-state index contributed by atoms with van der Waals surface area (Å²) >= 11 is 0. The predicted molar refractivity (Wildman–Crippen MR) is 125 cm³/mol. The van der Waals surface area contributed by atoms with Gasteiger partial charge in [0.05, 0.1) is 11.7 Å². The lowest BCUT2D eigenvalue weighted by molar-refractivity contribution is -0.171. The van der Waals surface area contributed by atoms with Crippen LogP contribution in [0.15, 0.2) is 36.4 Å². The van der Waals surface area contributed by atoms with Crippen molar-refractivity contribution in [3.05, 3.63) is 53.3 Å². The van der Waals surface area contributed by atoms with E-state index in [2.05, 4.69) is 0 Å². The van der Waals surface area contributed by atoms with Crippen LogP contribution >= 0.6 is 0 Å². The molecule has 9 nitrogen and oxygen atoms in total. The van der Waals surface area contributed by atoms with Crippen LogP contribution in [0.2, 0.25) is 0 Å². The van der Waals surface area contributed by atoms with Crippen LogP contribution in [0.25, 0.3) is 0 Å². The Hall–Kier alpha value is -4.16. The van der Waals surface area contributed by atoms with Gasteiger partial charge in [-0.25, -0.2) is 9.18 Å². The Kier molecular flexibility index (Phi) is 7.98. The number of carbonyl (C=O) groups excluding carboxylic acids is 3. The molecule has 0 fully saturated rings. The van der Waals surface area contributed by atoms with Gasteiger partial charge in [0, 0.05) is 18.1 Å². The first-order chi connectivity index (χ1) is 17.6. The molecule has 3 rings (SSSR count). The molecule has 1 aliphatic heterocycles. The average Bonchev–Trinajstić information content (AvgIpc) is 3.19. The van der Waals surface area contributed by atoms with Gasteiger partial charge in [0.25, 0.3) is 0 Å². The number of fused-ring (bicyclic) bond motifs is 1. The fourth-order valence-corrected chi connectivity index (χ4v) is 3.89. The van der Waals surface area contributed by atoms with E-state index in [4.69, 9.17) is 9.47 Å². The quantitative estimate of drug-likeness (QED) is 0.317. The zero-order valence-corrected chi connectivity index (χ0v) is 20.5. The first kappa shape index (κ1) is 28.4. The van der Waals surface area contributed by atoms with E-state index in [-0.39, 0.29) is 23.5 Å². The highest BCUT2D eigenvalue weighted by Gasteiger charge is 2.47. The molecular weight excluding hydrogens is 516 g/mol. The number of esters is 1.